The lowest BCUT2D eigenvalue weighted by Gasteiger charge is -2.07. The van der Waals surface area contributed by atoms with Crippen LogP contribution in [0.5, 0.6) is 0 Å². The highest BCUT2D eigenvalue weighted by molar-refractivity contribution is 6.30. The summed E-state index contributed by atoms with van der Waals surface area (Å²) in [6.07, 6.45) is 1.45. The maximum Gasteiger partial charge on any atom is 0.237 e. The molecule has 0 heterocycles. The third kappa shape index (κ3) is 4.02. The third-order valence-corrected chi connectivity index (χ3v) is 1.81. The van der Waals surface area contributed by atoms with Gasteiger partial charge in [0.2, 0.25) is 6.08 Å². The number of benzene rings is 1. The van der Waals surface area contributed by atoms with Gasteiger partial charge in [0.1, 0.15) is 0 Å². The zero-order valence-corrected chi connectivity index (χ0v) is 9.19. The van der Waals surface area contributed by atoms with Crippen LogP contribution in [0.15, 0.2) is 39.5 Å². The minimum Gasteiger partial charge on any atom is -0.211 e. The molecule has 78 valence electrons. The van der Waals surface area contributed by atoms with Crippen LogP contribution in [0.25, 0.3) is 0 Å². The summed E-state index contributed by atoms with van der Waals surface area (Å²) < 4.78 is 0. The summed E-state index contributed by atoms with van der Waals surface area (Å²) in [5, 5.41) is 8.47. The molecular weight excluding hydrogens is 214 g/mol. The highest BCUT2D eigenvalue weighted by Crippen LogP contribution is 2.19. The van der Waals surface area contributed by atoms with Gasteiger partial charge in [-0.15, -0.1) is 0 Å². The van der Waals surface area contributed by atoms with Crippen LogP contribution in [0.3, 0.4) is 0 Å². The summed E-state index contributed by atoms with van der Waals surface area (Å²) in [7, 11) is 0. The Bertz CT molecular complexity index is 405. The maximum atomic E-state index is 10.1. The Balaban J connectivity index is 2.81. The van der Waals surface area contributed by atoms with Crippen molar-refractivity contribution in [2.24, 2.45) is 15.2 Å². The van der Waals surface area contributed by atoms with Gasteiger partial charge in [-0.3, -0.25) is 0 Å². The van der Waals surface area contributed by atoms with Crippen LogP contribution in [0.4, 0.5) is 5.69 Å². The number of aliphatic imine (C=N–C) groups is 1. The van der Waals surface area contributed by atoms with Crippen molar-refractivity contribution in [3.8, 4) is 0 Å². The van der Waals surface area contributed by atoms with Crippen LogP contribution < -0.4 is 0 Å². The fraction of sp³-hybridized carbons (Fsp3) is 0.300. The van der Waals surface area contributed by atoms with Crippen molar-refractivity contribution in [1.29, 1.82) is 0 Å². The first-order valence-electron chi connectivity index (χ1n) is 4.31. The number of azo groups is 1. The fourth-order valence-electron chi connectivity index (χ4n) is 0.822. The van der Waals surface area contributed by atoms with Gasteiger partial charge in [-0.1, -0.05) is 11.6 Å². The molecule has 0 aliphatic carbocycles. The van der Waals surface area contributed by atoms with Crippen molar-refractivity contribution in [2.75, 3.05) is 0 Å². The number of halogens is 1. The highest BCUT2D eigenvalue weighted by atomic mass is 35.5. The molecule has 15 heavy (non-hydrogen) atoms. The van der Waals surface area contributed by atoms with Crippen molar-refractivity contribution in [3.05, 3.63) is 29.3 Å². The van der Waals surface area contributed by atoms with Gasteiger partial charge in [-0.2, -0.15) is 15.2 Å². The smallest absolute Gasteiger partial charge is 0.211 e. The van der Waals surface area contributed by atoms with Gasteiger partial charge in [0.25, 0.3) is 0 Å². The van der Waals surface area contributed by atoms with Gasteiger partial charge in [0.05, 0.1) is 5.69 Å². The lowest BCUT2D eigenvalue weighted by Crippen LogP contribution is -2.10. The second-order valence-electron chi connectivity index (χ2n) is 3.37. The number of nitrogens with zero attached hydrogens (tertiary/aromatic N) is 3. The Morgan fingerprint density at radius 3 is 2.40 bits per heavy atom. The average Bonchev–Trinajstić information content (AvgIpc) is 2.17. The molecule has 0 saturated carbocycles. The van der Waals surface area contributed by atoms with E-state index in [0.29, 0.717) is 10.7 Å². The molecule has 0 bridgehead atoms. The van der Waals surface area contributed by atoms with Crippen LogP contribution in [-0.2, 0) is 4.79 Å². The van der Waals surface area contributed by atoms with E-state index in [-0.39, 0.29) is 0 Å². The molecule has 0 aliphatic rings. The molecule has 0 aliphatic heterocycles. The number of hydrogen-bond acceptors (Lipinski definition) is 4. The number of isocyanates is 1. The standard InChI is InChI=1S/C10H10ClN3O/c1-10(2,12-7-15)14-13-9-5-3-8(11)4-6-9/h3-6H,1-2H3. The fourth-order valence-corrected chi connectivity index (χ4v) is 0.948. The molecule has 0 unspecified atom stereocenters. The van der Waals surface area contributed by atoms with E-state index in [1.165, 1.54) is 6.08 Å². The van der Waals surface area contributed by atoms with E-state index in [9.17, 15) is 4.79 Å². The number of carbonyl (C=O) groups excluding carboxylic acids is 1. The monoisotopic (exact) mass is 223 g/mol. The molecule has 0 amide bonds. The lowest BCUT2D eigenvalue weighted by atomic mass is 10.3. The predicted molar refractivity (Wildman–Crippen MR) is 58.2 cm³/mol. The summed E-state index contributed by atoms with van der Waals surface area (Å²) in [4.78, 5) is 13.6. The van der Waals surface area contributed by atoms with Crippen molar-refractivity contribution >= 4 is 23.4 Å². The second-order valence-corrected chi connectivity index (χ2v) is 3.81. The normalized spacial score (nSPS) is 11.4. The SMILES string of the molecule is CC(C)(N=C=O)N=Nc1ccc(Cl)cc1. The van der Waals surface area contributed by atoms with Gasteiger partial charge in [-0.25, -0.2) is 4.79 Å². The van der Waals surface area contributed by atoms with Crippen molar-refractivity contribution < 1.29 is 4.79 Å². The van der Waals surface area contributed by atoms with Crippen molar-refractivity contribution in [2.45, 2.75) is 19.5 Å². The van der Waals surface area contributed by atoms with Gasteiger partial charge < -0.3 is 0 Å². The zero-order chi connectivity index (χ0) is 11.3. The molecule has 0 aromatic heterocycles. The summed E-state index contributed by atoms with van der Waals surface area (Å²) in [6.45, 7) is 3.33. The van der Waals surface area contributed by atoms with E-state index >= 15 is 0 Å². The lowest BCUT2D eigenvalue weighted by molar-refractivity contribution is 0.504. The molecule has 1 aromatic rings. The van der Waals surface area contributed by atoms with E-state index in [2.05, 4.69) is 15.2 Å². The van der Waals surface area contributed by atoms with Crippen LogP contribution in [0, 0.1) is 0 Å². The van der Waals surface area contributed by atoms with E-state index in [1.54, 1.807) is 38.1 Å². The molecule has 0 radical (unpaired) electrons. The average molecular weight is 224 g/mol. The summed E-state index contributed by atoms with van der Waals surface area (Å²) >= 11 is 5.71. The van der Waals surface area contributed by atoms with E-state index in [4.69, 9.17) is 11.6 Å². The van der Waals surface area contributed by atoms with Crippen LogP contribution in [0.2, 0.25) is 5.02 Å². The van der Waals surface area contributed by atoms with Crippen LogP contribution >= 0.6 is 11.6 Å². The van der Waals surface area contributed by atoms with Crippen LogP contribution in [0.1, 0.15) is 13.8 Å². The molecule has 4 nitrogen and oxygen atoms in total. The van der Waals surface area contributed by atoms with Gasteiger partial charge >= 0.3 is 0 Å². The number of hydrogen-bond donors (Lipinski definition) is 0. The van der Waals surface area contributed by atoms with Crippen molar-refractivity contribution in [1.82, 2.24) is 0 Å². The molecule has 1 aromatic carbocycles. The first-order valence-corrected chi connectivity index (χ1v) is 4.69. The minimum absolute atomic E-state index is 0.638. The molecule has 1 rings (SSSR count). The minimum atomic E-state index is -0.874. The molecule has 0 spiro atoms. The van der Waals surface area contributed by atoms with Crippen LogP contribution in [-0.4, -0.2) is 11.7 Å². The highest BCUT2D eigenvalue weighted by Gasteiger charge is 2.13. The summed E-state index contributed by atoms with van der Waals surface area (Å²) in [6, 6.07) is 6.89. The Morgan fingerprint density at radius 1 is 1.27 bits per heavy atom. The first-order chi connectivity index (χ1) is 7.03. The summed E-state index contributed by atoms with van der Waals surface area (Å²) in [5.74, 6) is 0. The summed E-state index contributed by atoms with van der Waals surface area (Å²) in [5.41, 5.74) is -0.213. The molecule has 0 atom stereocenters. The quantitative estimate of drug-likeness (QED) is 0.440. The Morgan fingerprint density at radius 2 is 1.87 bits per heavy atom. The maximum absolute atomic E-state index is 10.1. The second kappa shape index (κ2) is 4.82. The molecular formula is C10H10ClN3O. The molecule has 0 fully saturated rings. The van der Waals surface area contributed by atoms with E-state index in [0.717, 1.165) is 0 Å². The molecule has 5 heteroatoms. The van der Waals surface area contributed by atoms with Gasteiger partial charge in [0, 0.05) is 5.02 Å². The topological polar surface area (TPSA) is 54.1 Å². The predicted octanol–water partition coefficient (Wildman–Crippen LogP) is 3.50. The first kappa shape index (κ1) is 11.6. The van der Waals surface area contributed by atoms with Gasteiger partial charge in [-0.05, 0) is 38.1 Å². The molecule has 0 N–H and O–H groups in total. The van der Waals surface area contributed by atoms with Gasteiger partial charge in [0.15, 0.2) is 5.66 Å². The largest absolute Gasteiger partial charge is 0.237 e. The Kier molecular flexibility index (Phi) is 3.72. The Hall–Kier alpha value is -1.51. The number of rotatable bonds is 3. The van der Waals surface area contributed by atoms with Crippen molar-refractivity contribution in [3.63, 3.8) is 0 Å². The third-order valence-electron chi connectivity index (χ3n) is 1.56. The van der Waals surface area contributed by atoms with E-state index in [1.807, 2.05) is 0 Å². The zero-order valence-electron chi connectivity index (χ0n) is 8.44. The Labute approximate surface area is 92.7 Å². The molecule has 0 saturated heterocycles. The van der Waals surface area contributed by atoms with E-state index < -0.39 is 5.66 Å².